The Kier molecular flexibility index (Phi) is 6.26. The number of halogens is 6. The molecule has 2 heterocycles. The SMILES string of the molecule is OC(C1CCN(Cc2ccc(C3COc4ccccc4O3)cc2)CC1)(C(F)(F)F)C(F)(F)F. The first-order chi connectivity index (χ1) is 15.5. The van der Waals surface area contributed by atoms with E-state index in [1.807, 2.05) is 48.5 Å². The number of rotatable bonds is 4. The van der Waals surface area contributed by atoms with Gasteiger partial charge < -0.3 is 14.6 Å². The van der Waals surface area contributed by atoms with Crippen molar-refractivity contribution in [2.75, 3.05) is 19.7 Å². The number of ether oxygens (including phenoxy) is 2. The Morgan fingerprint density at radius 1 is 0.848 bits per heavy atom. The predicted octanol–water partition coefficient (Wildman–Crippen LogP) is 5.27. The summed E-state index contributed by atoms with van der Waals surface area (Å²) in [4.78, 5) is 1.79. The molecule has 4 rings (SSSR count). The molecule has 2 aromatic carbocycles. The highest BCUT2D eigenvalue weighted by molar-refractivity contribution is 5.41. The van der Waals surface area contributed by atoms with Crippen LogP contribution in [0, 0.1) is 5.92 Å². The van der Waals surface area contributed by atoms with Crippen LogP contribution in [0.1, 0.15) is 30.1 Å². The van der Waals surface area contributed by atoms with Gasteiger partial charge in [-0.25, -0.2) is 0 Å². The van der Waals surface area contributed by atoms with Crippen LogP contribution in [0.25, 0.3) is 0 Å². The molecule has 33 heavy (non-hydrogen) atoms. The molecule has 0 aliphatic carbocycles. The Morgan fingerprint density at radius 2 is 1.42 bits per heavy atom. The van der Waals surface area contributed by atoms with Gasteiger partial charge in [-0.05, 0) is 49.2 Å². The maximum atomic E-state index is 13.1. The van der Waals surface area contributed by atoms with Crippen molar-refractivity contribution < 1.29 is 40.9 Å². The van der Waals surface area contributed by atoms with Gasteiger partial charge in [-0.3, -0.25) is 4.90 Å². The van der Waals surface area contributed by atoms with E-state index in [9.17, 15) is 31.4 Å². The number of nitrogens with zero attached hydrogens (tertiary/aromatic N) is 1. The lowest BCUT2D eigenvalue weighted by molar-refractivity contribution is -0.387. The van der Waals surface area contributed by atoms with Crippen molar-refractivity contribution in [3.63, 3.8) is 0 Å². The summed E-state index contributed by atoms with van der Waals surface area (Å²) in [5.41, 5.74) is -2.92. The third-order valence-corrected chi connectivity index (χ3v) is 6.31. The molecule has 0 spiro atoms. The predicted molar refractivity (Wildman–Crippen MR) is 107 cm³/mol. The molecule has 1 unspecified atom stereocenters. The van der Waals surface area contributed by atoms with E-state index in [0.29, 0.717) is 24.7 Å². The van der Waals surface area contributed by atoms with Gasteiger partial charge in [-0.15, -0.1) is 0 Å². The van der Waals surface area contributed by atoms with Crippen molar-refractivity contribution in [2.45, 2.75) is 43.4 Å². The standard InChI is InChI=1S/C23H23F6NO3/c24-22(25,26)21(31,23(27,28)29)17-9-11-30(12-10-17)13-15-5-7-16(8-6-15)20-14-32-18-3-1-2-4-19(18)33-20/h1-8,17,20,31H,9-14H2. The highest BCUT2D eigenvalue weighted by atomic mass is 19.4. The first-order valence-electron chi connectivity index (χ1n) is 10.5. The monoisotopic (exact) mass is 475 g/mol. The van der Waals surface area contributed by atoms with Crippen LogP contribution in [0.2, 0.25) is 0 Å². The fourth-order valence-corrected chi connectivity index (χ4v) is 4.41. The van der Waals surface area contributed by atoms with E-state index in [1.165, 1.54) is 0 Å². The second-order valence-corrected chi connectivity index (χ2v) is 8.42. The van der Waals surface area contributed by atoms with Gasteiger partial charge >= 0.3 is 12.4 Å². The van der Waals surface area contributed by atoms with Gasteiger partial charge in [0.05, 0.1) is 0 Å². The molecule has 180 valence electrons. The van der Waals surface area contributed by atoms with Crippen LogP contribution in [-0.4, -0.2) is 47.7 Å². The molecule has 1 N–H and O–H groups in total. The lowest BCUT2D eigenvalue weighted by Crippen LogP contribution is -2.63. The largest absolute Gasteiger partial charge is 0.485 e. The molecule has 1 atom stereocenters. The van der Waals surface area contributed by atoms with E-state index >= 15 is 0 Å². The van der Waals surface area contributed by atoms with Crippen LogP contribution in [-0.2, 0) is 6.54 Å². The highest BCUT2D eigenvalue weighted by Gasteiger charge is 2.73. The number of alkyl halides is 6. The smallest absolute Gasteiger partial charge is 0.426 e. The minimum atomic E-state index is -5.78. The Labute approximate surface area is 186 Å². The molecular weight excluding hydrogens is 452 g/mol. The lowest BCUT2D eigenvalue weighted by atomic mass is 9.79. The van der Waals surface area contributed by atoms with Crippen LogP contribution < -0.4 is 9.47 Å². The van der Waals surface area contributed by atoms with Crippen LogP contribution in [0.3, 0.4) is 0 Å². The first kappa shape index (κ1) is 23.7. The van der Waals surface area contributed by atoms with E-state index in [1.54, 1.807) is 4.90 Å². The van der Waals surface area contributed by atoms with Crippen LogP contribution >= 0.6 is 0 Å². The minimum Gasteiger partial charge on any atom is -0.485 e. The van der Waals surface area contributed by atoms with Gasteiger partial charge in [0.1, 0.15) is 6.61 Å². The Bertz CT molecular complexity index is 938. The molecule has 4 nitrogen and oxygen atoms in total. The molecule has 2 aliphatic heterocycles. The Hall–Kier alpha value is -2.46. The van der Waals surface area contributed by atoms with Gasteiger partial charge in [-0.2, -0.15) is 26.3 Å². The van der Waals surface area contributed by atoms with Gasteiger partial charge in [-0.1, -0.05) is 36.4 Å². The zero-order chi connectivity index (χ0) is 23.9. The molecule has 2 aromatic rings. The molecule has 0 saturated carbocycles. The number of aliphatic hydroxyl groups is 1. The number of hydrogen-bond acceptors (Lipinski definition) is 4. The van der Waals surface area contributed by atoms with Crippen LogP contribution in [0.15, 0.2) is 48.5 Å². The molecule has 1 saturated heterocycles. The zero-order valence-corrected chi connectivity index (χ0v) is 17.5. The van der Waals surface area contributed by atoms with Crippen molar-refractivity contribution in [2.24, 2.45) is 5.92 Å². The van der Waals surface area contributed by atoms with Gasteiger partial charge in [0.25, 0.3) is 5.60 Å². The summed E-state index contributed by atoms with van der Waals surface area (Å²) in [6.45, 7) is 0.786. The Morgan fingerprint density at radius 3 is 2.00 bits per heavy atom. The van der Waals surface area contributed by atoms with Crippen molar-refractivity contribution >= 4 is 0 Å². The molecule has 0 radical (unpaired) electrons. The second-order valence-electron chi connectivity index (χ2n) is 8.42. The molecule has 0 bridgehead atoms. The quantitative estimate of drug-likeness (QED) is 0.613. The van der Waals surface area contributed by atoms with Crippen molar-refractivity contribution in [3.8, 4) is 11.5 Å². The van der Waals surface area contributed by atoms with Crippen LogP contribution in [0.4, 0.5) is 26.3 Å². The number of benzene rings is 2. The van der Waals surface area contributed by atoms with Crippen molar-refractivity contribution in [1.82, 2.24) is 4.90 Å². The molecule has 0 amide bonds. The number of piperidine rings is 1. The number of hydrogen-bond donors (Lipinski definition) is 1. The van der Waals surface area contributed by atoms with E-state index in [-0.39, 0.29) is 19.2 Å². The molecule has 1 fully saturated rings. The third kappa shape index (κ3) is 4.63. The van der Waals surface area contributed by atoms with E-state index in [2.05, 4.69) is 0 Å². The average Bonchev–Trinajstić information content (AvgIpc) is 2.78. The summed E-state index contributed by atoms with van der Waals surface area (Å²) in [6.07, 6.45) is -12.6. The highest BCUT2D eigenvalue weighted by Crippen LogP contribution is 2.50. The third-order valence-electron chi connectivity index (χ3n) is 6.31. The molecule has 0 aromatic heterocycles. The van der Waals surface area contributed by atoms with Crippen molar-refractivity contribution in [3.05, 3.63) is 59.7 Å². The van der Waals surface area contributed by atoms with E-state index in [4.69, 9.17) is 9.47 Å². The molecule has 10 heteroatoms. The fraction of sp³-hybridized carbons (Fsp3) is 0.478. The van der Waals surface area contributed by atoms with Gasteiger partial charge in [0.15, 0.2) is 17.6 Å². The first-order valence-corrected chi connectivity index (χ1v) is 10.5. The maximum absolute atomic E-state index is 13.1. The number of fused-ring (bicyclic) bond motifs is 1. The summed E-state index contributed by atoms with van der Waals surface area (Å²) < 4.78 is 90.3. The van der Waals surface area contributed by atoms with Crippen LogP contribution in [0.5, 0.6) is 11.5 Å². The van der Waals surface area contributed by atoms with Gasteiger partial charge in [0, 0.05) is 12.5 Å². The van der Waals surface area contributed by atoms with E-state index in [0.717, 1.165) is 11.1 Å². The molecule has 2 aliphatic rings. The van der Waals surface area contributed by atoms with Crippen molar-refractivity contribution in [1.29, 1.82) is 0 Å². The minimum absolute atomic E-state index is 0.0250. The normalized spacial score (nSPS) is 20.6. The lowest BCUT2D eigenvalue weighted by Gasteiger charge is -2.42. The summed E-state index contributed by atoms with van der Waals surface area (Å²) in [5, 5.41) is 9.61. The number of para-hydroxylation sites is 2. The molecular formula is C23H23F6NO3. The Balaban J connectivity index is 1.35. The summed E-state index contributed by atoms with van der Waals surface area (Å²) >= 11 is 0. The summed E-state index contributed by atoms with van der Waals surface area (Å²) in [5.74, 6) is -0.599. The van der Waals surface area contributed by atoms with E-state index < -0.39 is 36.7 Å². The van der Waals surface area contributed by atoms with Gasteiger partial charge in [0.2, 0.25) is 0 Å². The average molecular weight is 475 g/mol. The summed E-state index contributed by atoms with van der Waals surface area (Å²) in [6, 6.07) is 14.8. The summed E-state index contributed by atoms with van der Waals surface area (Å²) in [7, 11) is 0. The number of likely N-dealkylation sites (tertiary alicyclic amines) is 1. The zero-order valence-electron chi connectivity index (χ0n) is 17.5. The second kappa shape index (κ2) is 8.72. The fourth-order valence-electron chi connectivity index (χ4n) is 4.41. The maximum Gasteiger partial charge on any atom is 0.426 e. The topological polar surface area (TPSA) is 41.9 Å².